The molecule has 1 aromatic heterocycles. The SMILES string of the molecule is COC(=O)Cc1ccc2c(c1)NC(=O)CCCCC[C@@H](C(=O)N1CC[C@@]3(C1)OC(=O)Nc1ccc(Cl)c(F)c13)c1cc-2ccn1. The van der Waals surface area contributed by atoms with Crippen LogP contribution in [0.2, 0.25) is 5.02 Å². The first kappa shape index (κ1) is 30.5. The van der Waals surface area contributed by atoms with Crippen LogP contribution >= 0.6 is 11.6 Å². The van der Waals surface area contributed by atoms with Crippen LogP contribution in [0, 0.1) is 5.82 Å². The third kappa shape index (κ3) is 6.09. The number of nitrogens with one attached hydrogen (secondary N) is 2. The maximum absolute atomic E-state index is 15.3. The number of likely N-dealkylation sites (tertiary alicyclic amines) is 1. The van der Waals surface area contributed by atoms with Crippen molar-refractivity contribution in [2.75, 3.05) is 30.8 Å². The first-order valence-corrected chi connectivity index (χ1v) is 15.3. The molecular weight excluding hydrogens is 603 g/mol. The van der Waals surface area contributed by atoms with Crippen molar-refractivity contribution >= 4 is 46.9 Å². The third-order valence-electron chi connectivity index (χ3n) is 8.70. The van der Waals surface area contributed by atoms with Gasteiger partial charge in [0.1, 0.15) is 0 Å². The fourth-order valence-electron chi connectivity index (χ4n) is 6.47. The molecule has 3 amide bonds. The Morgan fingerprint density at radius 3 is 2.78 bits per heavy atom. The summed E-state index contributed by atoms with van der Waals surface area (Å²) < 4.78 is 25.8. The Morgan fingerprint density at radius 1 is 1.11 bits per heavy atom. The number of carbonyl (C=O) groups is 4. The van der Waals surface area contributed by atoms with Gasteiger partial charge >= 0.3 is 12.1 Å². The number of pyridine rings is 1. The van der Waals surface area contributed by atoms with Crippen molar-refractivity contribution in [2.24, 2.45) is 0 Å². The summed E-state index contributed by atoms with van der Waals surface area (Å²) in [5.41, 5.74) is 2.31. The van der Waals surface area contributed by atoms with Crippen LogP contribution in [-0.2, 0) is 35.9 Å². The summed E-state index contributed by atoms with van der Waals surface area (Å²) in [4.78, 5) is 57.7. The zero-order valence-corrected chi connectivity index (χ0v) is 25.4. The summed E-state index contributed by atoms with van der Waals surface area (Å²) in [6.45, 7) is 0.224. The number of carbonyl (C=O) groups excluding carboxylic acids is 4. The molecular formula is C33H32ClFN4O6. The quantitative estimate of drug-likeness (QED) is 0.342. The Kier molecular flexibility index (Phi) is 8.46. The Bertz CT molecular complexity index is 1700. The van der Waals surface area contributed by atoms with Crippen LogP contribution < -0.4 is 10.6 Å². The molecule has 0 aliphatic carbocycles. The number of methoxy groups -OCH3 is 1. The number of nitrogens with zero attached hydrogens (tertiary/aromatic N) is 2. The molecule has 0 radical (unpaired) electrons. The van der Waals surface area contributed by atoms with E-state index in [2.05, 4.69) is 15.6 Å². The number of aromatic nitrogens is 1. The molecule has 1 spiro atoms. The zero-order valence-electron chi connectivity index (χ0n) is 24.7. The van der Waals surface area contributed by atoms with Crippen LogP contribution in [0.1, 0.15) is 61.3 Å². The van der Waals surface area contributed by atoms with E-state index >= 15 is 4.39 Å². The molecule has 4 heterocycles. The van der Waals surface area contributed by atoms with E-state index in [0.29, 0.717) is 42.6 Å². The number of hydrogen-bond donors (Lipinski definition) is 2. The highest BCUT2D eigenvalue weighted by Gasteiger charge is 2.51. The van der Waals surface area contributed by atoms with Gasteiger partial charge in [0, 0.05) is 36.8 Å². The minimum Gasteiger partial charge on any atom is -0.469 e. The molecule has 234 valence electrons. The van der Waals surface area contributed by atoms with Crippen LogP contribution in [-0.4, -0.2) is 54.0 Å². The molecule has 12 heteroatoms. The van der Waals surface area contributed by atoms with E-state index < -0.39 is 29.4 Å². The highest BCUT2D eigenvalue weighted by atomic mass is 35.5. The molecule has 2 atom stereocenters. The smallest absolute Gasteiger partial charge is 0.412 e. The summed E-state index contributed by atoms with van der Waals surface area (Å²) in [5, 5.41) is 5.44. The van der Waals surface area contributed by atoms with E-state index in [4.69, 9.17) is 21.1 Å². The standard InChI is InChI=1S/C33H32ClFN4O6/c1-44-28(41)16-19-7-8-21-20-11-13-36-25(17-20)22(5-3-2-4-6-27(40)37-26(21)15-19)31(42)39-14-12-33(18-39)29-24(38-32(43)45-33)10-9-23(34)30(29)35/h7-11,13,15,17,22H,2-6,12,14,16,18H2,1H3,(H,37,40)(H,38,43)/t22-,33+/m1/s1. The van der Waals surface area contributed by atoms with Crippen molar-refractivity contribution in [1.82, 2.24) is 9.88 Å². The largest absolute Gasteiger partial charge is 0.469 e. The Morgan fingerprint density at radius 2 is 1.96 bits per heavy atom. The average molecular weight is 635 g/mol. The minimum absolute atomic E-state index is 0.0239. The number of benzene rings is 2. The van der Waals surface area contributed by atoms with Crippen LogP contribution in [0.5, 0.6) is 0 Å². The number of esters is 1. The topological polar surface area (TPSA) is 127 Å². The van der Waals surface area contributed by atoms with E-state index in [1.54, 1.807) is 29.3 Å². The first-order valence-electron chi connectivity index (χ1n) is 14.9. The van der Waals surface area contributed by atoms with E-state index in [1.165, 1.54) is 19.2 Å². The predicted molar refractivity (Wildman–Crippen MR) is 164 cm³/mol. The van der Waals surface area contributed by atoms with Gasteiger partial charge < -0.3 is 19.7 Å². The molecule has 1 fully saturated rings. The van der Waals surface area contributed by atoms with Crippen molar-refractivity contribution in [3.63, 3.8) is 0 Å². The summed E-state index contributed by atoms with van der Waals surface area (Å²) >= 11 is 6.11. The summed E-state index contributed by atoms with van der Waals surface area (Å²) in [7, 11) is 1.32. The Balaban J connectivity index is 1.33. The normalized spacial score (nSPS) is 21.2. The lowest BCUT2D eigenvalue weighted by molar-refractivity contribution is -0.139. The first-order chi connectivity index (χ1) is 21.7. The van der Waals surface area contributed by atoms with Crippen LogP contribution in [0.25, 0.3) is 11.1 Å². The molecule has 0 saturated carbocycles. The second kappa shape index (κ2) is 12.5. The second-order valence-corrected chi connectivity index (χ2v) is 12.0. The molecule has 1 saturated heterocycles. The fourth-order valence-corrected chi connectivity index (χ4v) is 6.62. The van der Waals surface area contributed by atoms with Crippen molar-refractivity contribution in [3.8, 4) is 11.1 Å². The lowest BCUT2D eigenvalue weighted by Crippen LogP contribution is -2.44. The molecule has 3 aromatic rings. The maximum atomic E-state index is 15.3. The summed E-state index contributed by atoms with van der Waals surface area (Å²) in [6, 6.07) is 12.0. The van der Waals surface area contributed by atoms with Gasteiger partial charge in [0.05, 0.1) is 48.0 Å². The van der Waals surface area contributed by atoms with E-state index in [0.717, 1.165) is 17.5 Å². The summed E-state index contributed by atoms with van der Waals surface area (Å²) in [5.74, 6) is -2.04. The molecule has 3 aliphatic heterocycles. The highest BCUT2D eigenvalue weighted by molar-refractivity contribution is 6.31. The molecule has 2 bridgehead atoms. The fraction of sp³-hybridized carbons (Fsp3) is 0.364. The zero-order chi connectivity index (χ0) is 31.7. The number of amides is 3. The van der Waals surface area contributed by atoms with Gasteiger partial charge in [-0.25, -0.2) is 9.18 Å². The minimum atomic E-state index is -1.37. The molecule has 45 heavy (non-hydrogen) atoms. The maximum Gasteiger partial charge on any atom is 0.412 e. The molecule has 2 aromatic carbocycles. The molecule has 6 rings (SSSR count). The molecule has 2 N–H and O–H groups in total. The number of rotatable bonds is 3. The van der Waals surface area contributed by atoms with Gasteiger partial charge in [-0.3, -0.25) is 24.7 Å². The number of hydrogen-bond acceptors (Lipinski definition) is 7. The van der Waals surface area contributed by atoms with Gasteiger partial charge in [0.15, 0.2) is 11.4 Å². The van der Waals surface area contributed by atoms with Gasteiger partial charge in [-0.15, -0.1) is 0 Å². The highest BCUT2D eigenvalue weighted by Crippen LogP contribution is 2.46. The van der Waals surface area contributed by atoms with Crippen LogP contribution in [0.4, 0.5) is 20.6 Å². The van der Waals surface area contributed by atoms with Gasteiger partial charge in [-0.2, -0.15) is 0 Å². The third-order valence-corrected chi connectivity index (χ3v) is 8.99. The van der Waals surface area contributed by atoms with Crippen LogP contribution in [0.3, 0.4) is 0 Å². The Labute approximate surface area is 264 Å². The van der Waals surface area contributed by atoms with E-state index in [1.807, 2.05) is 12.1 Å². The van der Waals surface area contributed by atoms with E-state index in [-0.39, 0.29) is 54.0 Å². The molecule has 3 aliphatic rings. The van der Waals surface area contributed by atoms with Crippen molar-refractivity contribution in [2.45, 2.75) is 56.5 Å². The second-order valence-electron chi connectivity index (χ2n) is 11.6. The van der Waals surface area contributed by atoms with Crippen LogP contribution in [0.15, 0.2) is 48.7 Å². The van der Waals surface area contributed by atoms with Crippen molar-refractivity contribution in [1.29, 1.82) is 0 Å². The summed E-state index contributed by atoms with van der Waals surface area (Å²) in [6.07, 6.45) is 4.00. The average Bonchev–Trinajstić information content (AvgIpc) is 3.43. The molecule has 0 unspecified atom stereocenters. The monoisotopic (exact) mass is 634 g/mol. The lowest BCUT2D eigenvalue weighted by atomic mass is 9.89. The van der Waals surface area contributed by atoms with Crippen molar-refractivity contribution in [3.05, 3.63) is 76.3 Å². The van der Waals surface area contributed by atoms with Crippen molar-refractivity contribution < 1.29 is 33.0 Å². The molecule has 10 nitrogen and oxygen atoms in total. The van der Waals surface area contributed by atoms with Gasteiger partial charge in [0.25, 0.3) is 0 Å². The predicted octanol–water partition coefficient (Wildman–Crippen LogP) is 5.93. The van der Waals surface area contributed by atoms with Gasteiger partial charge in [0.2, 0.25) is 11.8 Å². The Hall–Kier alpha value is -4.51. The number of fused-ring (bicyclic) bond motifs is 6. The van der Waals surface area contributed by atoms with Gasteiger partial charge in [-0.05, 0) is 54.3 Å². The lowest BCUT2D eigenvalue weighted by Gasteiger charge is -2.36. The number of ether oxygens (including phenoxy) is 2. The number of halogens is 2. The number of anilines is 2. The van der Waals surface area contributed by atoms with E-state index in [9.17, 15) is 19.2 Å². The van der Waals surface area contributed by atoms with Gasteiger partial charge in [-0.1, -0.05) is 36.6 Å².